The van der Waals surface area contributed by atoms with E-state index in [4.69, 9.17) is 10.5 Å². The van der Waals surface area contributed by atoms with E-state index >= 15 is 0 Å². The number of nitrogens with two attached hydrogens (primary N) is 1. The van der Waals surface area contributed by atoms with Gasteiger partial charge in [-0.15, -0.1) is 0 Å². The second-order valence-corrected chi connectivity index (χ2v) is 6.02. The quantitative estimate of drug-likeness (QED) is 0.748. The van der Waals surface area contributed by atoms with E-state index < -0.39 is 0 Å². The summed E-state index contributed by atoms with van der Waals surface area (Å²) >= 11 is 1.61. The third kappa shape index (κ3) is 2.69. The zero-order chi connectivity index (χ0) is 10.7. The fourth-order valence-corrected chi connectivity index (χ4v) is 4.48. The number of ether oxygens (including phenoxy) is 1. The summed E-state index contributed by atoms with van der Waals surface area (Å²) in [7, 11) is 1.68. The number of hydrogen-bond acceptors (Lipinski definition) is 3. The predicted octanol–water partition coefficient (Wildman–Crippen LogP) is -0.413. The molecule has 0 bridgehead atoms. The summed E-state index contributed by atoms with van der Waals surface area (Å²) < 4.78 is 9.62. The molecule has 80 valence electrons. The molecular weight excluding hydrogens is 321 g/mol. The molecule has 0 atom stereocenters. The van der Waals surface area contributed by atoms with Gasteiger partial charge in [-0.05, 0) is 0 Å². The Morgan fingerprint density at radius 1 is 1.33 bits per heavy atom. The van der Waals surface area contributed by atoms with Crippen LogP contribution in [-0.4, -0.2) is 7.11 Å². The van der Waals surface area contributed by atoms with Gasteiger partial charge < -0.3 is 0 Å². The SMILES string of the molecule is COc1cccc(C2=C[I-]C=C(N)S2)c1. The molecule has 1 aromatic carbocycles. The summed E-state index contributed by atoms with van der Waals surface area (Å²) in [5.74, 6) is 0.889. The summed E-state index contributed by atoms with van der Waals surface area (Å²) in [6.07, 6.45) is 0. The van der Waals surface area contributed by atoms with E-state index in [0.29, 0.717) is 0 Å². The van der Waals surface area contributed by atoms with Crippen molar-refractivity contribution in [3.63, 3.8) is 0 Å². The topological polar surface area (TPSA) is 35.2 Å². The monoisotopic (exact) mass is 332 g/mol. The molecule has 0 amide bonds. The van der Waals surface area contributed by atoms with Gasteiger partial charge >= 0.3 is 104 Å². The Balaban J connectivity index is 2.26. The average Bonchev–Trinajstić information content (AvgIpc) is 2.29. The van der Waals surface area contributed by atoms with E-state index in [-0.39, 0.29) is 21.2 Å². The van der Waals surface area contributed by atoms with Crippen molar-refractivity contribution in [2.24, 2.45) is 5.73 Å². The Kier molecular flexibility index (Phi) is 3.58. The molecule has 1 aliphatic heterocycles. The first-order chi connectivity index (χ1) is 7.29. The Morgan fingerprint density at radius 3 is 2.93 bits per heavy atom. The molecule has 4 heteroatoms. The molecular formula is C11H11INOS-. The minimum absolute atomic E-state index is 0.0166. The van der Waals surface area contributed by atoms with Gasteiger partial charge in [0.25, 0.3) is 0 Å². The van der Waals surface area contributed by atoms with Crippen molar-refractivity contribution in [2.75, 3.05) is 7.11 Å². The van der Waals surface area contributed by atoms with Gasteiger partial charge in [0.05, 0.1) is 0 Å². The summed E-state index contributed by atoms with van der Waals surface area (Å²) in [6, 6.07) is 8.08. The Bertz CT molecular complexity index is 428. The standard InChI is InChI=1S/C11H11INOS/c1-14-9-4-2-3-8(5-9)10-6-12-7-11(13)15-10/h2-7H,13H2,1H3/q-1. The van der Waals surface area contributed by atoms with Crippen molar-refractivity contribution in [1.82, 2.24) is 0 Å². The maximum atomic E-state index is 5.81. The molecule has 1 aliphatic rings. The molecule has 2 nitrogen and oxygen atoms in total. The van der Waals surface area contributed by atoms with Crippen molar-refractivity contribution >= 4 is 16.7 Å². The first-order valence-corrected chi connectivity index (χ1v) is 7.70. The van der Waals surface area contributed by atoms with E-state index in [1.165, 1.54) is 10.5 Å². The van der Waals surface area contributed by atoms with E-state index in [9.17, 15) is 0 Å². The van der Waals surface area contributed by atoms with E-state index in [1.54, 1.807) is 18.9 Å². The van der Waals surface area contributed by atoms with Gasteiger partial charge in [-0.2, -0.15) is 0 Å². The molecule has 2 rings (SSSR count). The van der Waals surface area contributed by atoms with Crippen molar-refractivity contribution in [1.29, 1.82) is 0 Å². The van der Waals surface area contributed by atoms with Crippen LogP contribution in [0.2, 0.25) is 0 Å². The molecule has 0 spiro atoms. The van der Waals surface area contributed by atoms with Crippen LogP contribution in [0.4, 0.5) is 0 Å². The van der Waals surface area contributed by atoms with Crippen LogP contribution < -0.4 is 31.7 Å². The van der Waals surface area contributed by atoms with E-state index in [1.807, 2.05) is 18.2 Å². The molecule has 0 radical (unpaired) electrons. The molecule has 2 N–H and O–H groups in total. The predicted molar refractivity (Wildman–Crippen MR) is 60.8 cm³/mol. The first kappa shape index (κ1) is 10.9. The summed E-state index contributed by atoms with van der Waals surface area (Å²) in [5, 5.41) is 0.920. The van der Waals surface area contributed by atoms with Crippen LogP contribution in [0.5, 0.6) is 5.75 Å². The molecule has 1 aromatic rings. The third-order valence-corrected chi connectivity index (χ3v) is 5.70. The second kappa shape index (κ2) is 4.94. The number of thioether (sulfide) groups is 1. The van der Waals surface area contributed by atoms with Gasteiger partial charge in [-0.25, -0.2) is 0 Å². The van der Waals surface area contributed by atoms with Crippen molar-refractivity contribution in [3.8, 4) is 5.75 Å². The van der Waals surface area contributed by atoms with Gasteiger partial charge in [-0.1, -0.05) is 0 Å². The molecule has 0 saturated heterocycles. The number of benzene rings is 1. The van der Waals surface area contributed by atoms with Gasteiger partial charge in [0.15, 0.2) is 0 Å². The van der Waals surface area contributed by atoms with E-state index in [2.05, 4.69) is 14.2 Å². The Hall–Kier alpha value is -0.620. The van der Waals surface area contributed by atoms with Crippen LogP contribution in [0.15, 0.2) is 37.5 Å². The molecule has 15 heavy (non-hydrogen) atoms. The maximum absolute atomic E-state index is 5.81. The van der Waals surface area contributed by atoms with Crippen molar-refractivity contribution in [2.45, 2.75) is 0 Å². The van der Waals surface area contributed by atoms with Gasteiger partial charge in [-0.3, -0.25) is 0 Å². The second-order valence-electron chi connectivity index (χ2n) is 2.94. The van der Waals surface area contributed by atoms with Crippen LogP contribution in [0.25, 0.3) is 4.91 Å². The van der Waals surface area contributed by atoms with Crippen LogP contribution >= 0.6 is 11.8 Å². The minimum atomic E-state index is -0.0166. The number of hydrogen-bond donors (Lipinski definition) is 1. The third-order valence-electron chi connectivity index (χ3n) is 1.91. The normalized spacial score (nSPS) is 16.1. The van der Waals surface area contributed by atoms with Crippen LogP contribution in [-0.2, 0) is 0 Å². The molecule has 1 heterocycles. The van der Waals surface area contributed by atoms with Crippen molar-refractivity contribution < 1.29 is 25.9 Å². The average molecular weight is 332 g/mol. The zero-order valence-corrected chi connectivity index (χ0v) is 11.2. The van der Waals surface area contributed by atoms with Crippen molar-refractivity contribution in [3.05, 3.63) is 43.0 Å². The van der Waals surface area contributed by atoms with Gasteiger partial charge in [0.2, 0.25) is 0 Å². The fraction of sp³-hybridized carbons (Fsp3) is 0.0909. The molecule has 0 aliphatic carbocycles. The summed E-state index contributed by atoms with van der Waals surface area (Å²) in [5.41, 5.74) is 7.00. The van der Waals surface area contributed by atoms with Gasteiger partial charge in [0.1, 0.15) is 0 Å². The van der Waals surface area contributed by atoms with E-state index in [0.717, 1.165) is 10.8 Å². The van der Waals surface area contributed by atoms with Crippen LogP contribution in [0, 0.1) is 0 Å². The first-order valence-electron chi connectivity index (χ1n) is 4.39. The number of rotatable bonds is 2. The molecule has 0 saturated carbocycles. The fourth-order valence-electron chi connectivity index (χ4n) is 1.22. The molecule has 0 fully saturated rings. The summed E-state index contributed by atoms with van der Waals surface area (Å²) in [6.45, 7) is 0. The van der Waals surface area contributed by atoms with Gasteiger partial charge in [0, 0.05) is 0 Å². The Labute approximate surface area is 104 Å². The number of halogens is 1. The molecule has 0 unspecified atom stereocenters. The molecule has 0 aromatic heterocycles. The summed E-state index contributed by atoms with van der Waals surface area (Å²) in [4.78, 5) is 1.25. The Morgan fingerprint density at radius 2 is 2.20 bits per heavy atom. The number of methoxy groups -OCH3 is 1. The van der Waals surface area contributed by atoms with Crippen LogP contribution in [0.3, 0.4) is 0 Å². The van der Waals surface area contributed by atoms with Crippen LogP contribution in [0.1, 0.15) is 5.56 Å². The zero-order valence-electron chi connectivity index (χ0n) is 8.24.